The zero-order chi connectivity index (χ0) is 13.5. The van der Waals surface area contributed by atoms with Gasteiger partial charge in [0, 0.05) is 0 Å². The zero-order valence-electron chi connectivity index (χ0n) is 17.6. The SMILES string of the molecule is CC(C)(C)P(C(C)(C)C)[Si](C)(C)C1=[C-]CC=C1.Cl.[CH3-].[CH3-].[CH3-].[CH3-].[Cr+5]. The maximum atomic E-state index is 3.61. The summed E-state index contributed by atoms with van der Waals surface area (Å²) in [5.41, 5.74) is 0. The summed E-state index contributed by atoms with van der Waals surface area (Å²) in [5.74, 6) is 0. The second-order valence-corrected chi connectivity index (χ2v) is 19.1. The molecule has 0 heterocycles. The van der Waals surface area contributed by atoms with Gasteiger partial charge in [0.25, 0.3) is 0 Å². The van der Waals surface area contributed by atoms with E-state index in [2.05, 4.69) is 72.9 Å². The minimum Gasteiger partial charge on any atom is -0.358 e. The second kappa shape index (κ2) is 13.2. The predicted molar refractivity (Wildman–Crippen MR) is 117 cm³/mol. The van der Waals surface area contributed by atoms with Crippen LogP contribution in [0.3, 0.4) is 0 Å². The van der Waals surface area contributed by atoms with Gasteiger partial charge in [-0.2, -0.15) is 6.08 Å². The Kier molecular flexibility index (Phi) is 22.5. The van der Waals surface area contributed by atoms with Gasteiger partial charge in [-0.05, 0) is 10.3 Å². The summed E-state index contributed by atoms with van der Waals surface area (Å²) in [7, 11) is -1.40. The van der Waals surface area contributed by atoms with E-state index < -0.39 is 7.74 Å². The van der Waals surface area contributed by atoms with Crippen molar-refractivity contribution in [1.82, 2.24) is 0 Å². The van der Waals surface area contributed by atoms with Gasteiger partial charge in [-0.1, -0.05) is 54.6 Å². The largest absolute Gasteiger partial charge is 5.00 e. The Morgan fingerprint density at radius 3 is 1.48 bits per heavy atom. The standard InChI is InChI=1S/C15H28PSi.4CH3.ClH.Cr/c1-14(2,3)16(15(4,5)6)17(7,8)13-11-9-10-12-13;;;;;;/h9,11H,10H2,1-8H3;4*1H3;1H;/q5*-1;;+5. The number of halogens is 1. The first-order chi connectivity index (χ1) is 7.47. The molecule has 0 nitrogen and oxygen atoms in total. The topological polar surface area (TPSA) is 0 Å². The molecule has 0 aliphatic heterocycles. The zero-order valence-corrected chi connectivity index (χ0v) is 21.6. The van der Waals surface area contributed by atoms with Crippen molar-refractivity contribution in [2.45, 2.75) is 71.4 Å². The number of allylic oxidation sites excluding steroid dienone is 4. The summed E-state index contributed by atoms with van der Waals surface area (Å²) < 4.78 is 0. The molecule has 0 saturated carbocycles. The fourth-order valence-corrected chi connectivity index (χ4v) is 21.5. The van der Waals surface area contributed by atoms with E-state index in [0.29, 0.717) is 10.3 Å². The first kappa shape index (κ1) is 39.2. The molecule has 1 rings (SSSR count). The van der Waals surface area contributed by atoms with Crippen LogP contribution >= 0.6 is 19.9 Å². The third-order valence-corrected chi connectivity index (χ3v) is 16.8. The summed E-state index contributed by atoms with van der Waals surface area (Å²) in [4.78, 5) is 0. The molecule has 0 atom stereocenters. The molecule has 0 bridgehead atoms. The molecular weight excluding hydrogens is 375 g/mol. The van der Waals surface area contributed by atoms with Gasteiger partial charge in [0.1, 0.15) is 0 Å². The van der Waals surface area contributed by atoms with E-state index in [1.54, 1.807) is 5.20 Å². The maximum Gasteiger partial charge on any atom is 5.00 e. The van der Waals surface area contributed by atoms with Crippen molar-refractivity contribution in [3.63, 3.8) is 0 Å². The van der Waals surface area contributed by atoms with Crippen LogP contribution in [-0.2, 0) is 17.4 Å². The van der Waals surface area contributed by atoms with Gasteiger partial charge in [-0.25, -0.2) is 11.3 Å². The molecule has 0 aromatic rings. The fourth-order valence-electron chi connectivity index (χ4n) is 3.63. The van der Waals surface area contributed by atoms with Crippen LogP contribution < -0.4 is 0 Å². The number of hydrogen-bond donors (Lipinski definition) is 0. The third kappa shape index (κ3) is 9.87. The minimum absolute atomic E-state index is 0. The minimum atomic E-state index is -1.39. The Balaban J connectivity index is -0.000000120. The van der Waals surface area contributed by atoms with E-state index in [0.717, 1.165) is 6.42 Å². The molecular formula is C19H41ClCrPSi. The molecule has 0 spiro atoms. The van der Waals surface area contributed by atoms with Crippen molar-refractivity contribution >= 4 is 27.6 Å². The van der Waals surface area contributed by atoms with Crippen LogP contribution in [0.5, 0.6) is 0 Å². The van der Waals surface area contributed by atoms with Crippen molar-refractivity contribution in [2.24, 2.45) is 0 Å². The van der Waals surface area contributed by atoms with Crippen LogP contribution in [0, 0.1) is 35.8 Å². The molecule has 1 aliphatic carbocycles. The Morgan fingerprint density at radius 2 is 1.26 bits per heavy atom. The van der Waals surface area contributed by atoms with Crippen LogP contribution in [0.4, 0.5) is 0 Å². The van der Waals surface area contributed by atoms with Crippen molar-refractivity contribution in [2.75, 3.05) is 0 Å². The quantitative estimate of drug-likeness (QED) is 0.246. The summed E-state index contributed by atoms with van der Waals surface area (Å²) in [6, 6.07) is 0. The van der Waals surface area contributed by atoms with Crippen molar-refractivity contribution in [1.29, 1.82) is 0 Å². The third-order valence-electron chi connectivity index (χ3n) is 3.25. The first-order valence-electron chi connectivity index (χ1n) is 6.55. The Bertz CT molecular complexity index is 335. The molecule has 1 aliphatic rings. The molecule has 0 aromatic heterocycles. The van der Waals surface area contributed by atoms with Crippen LogP contribution in [0.25, 0.3) is 0 Å². The van der Waals surface area contributed by atoms with Gasteiger partial charge in [-0.3, -0.25) is 6.08 Å². The van der Waals surface area contributed by atoms with Gasteiger partial charge in [0.2, 0.25) is 0 Å². The molecule has 0 saturated heterocycles. The summed E-state index contributed by atoms with van der Waals surface area (Å²) in [5, 5.41) is 2.41. The molecule has 0 aromatic carbocycles. The Hall–Kier alpha value is 0.949. The molecule has 1 radical (unpaired) electrons. The molecule has 0 unspecified atom stereocenters. The van der Waals surface area contributed by atoms with E-state index in [1.165, 1.54) is 0 Å². The second-order valence-electron chi connectivity index (χ2n) is 7.43. The fraction of sp³-hybridized carbons (Fsp3) is 0.579. The summed E-state index contributed by atoms with van der Waals surface area (Å²) in [6.45, 7) is 19.7. The molecule has 0 fully saturated rings. The molecule has 0 amide bonds. The van der Waals surface area contributed by atoms with Crippen LogP contribution in [0.15, 0.2) is 17.3 Å². The van der Waals surface area contributed by atoms with Crippen LogP contribution in [0.1, 0.15) is 48.0 Å². The van der Waals surface area contributed by atoms with Crippen molar-refractivity contribution in [3.05, 3.63) is 53.1 Å². The summed E-state index contributed by atoms with van der Waals surface area (Å²) >= 11 is 0. The van der Waals surface area contributed by atoms with Gasteiger partial charge in [0.15, 0.2) is 0 Å². The van der Waals surface area contributed by atoms with E-state index in [4.69, 9.17) is 0 Å². The van der Waals surface area contributed by atoms with E-state index >= 15 is 0 Å². The average Bonchev–Trinajstić information content (AvgIpc) is 2.46. The van der Waals surface area contributed by atoms with E-state index in [9.17, 15) is 0 Å². The van der Waals surface area contributed by atoms with Gasteiger partial charge in [0.05, 0.1) is 7.74 Å². The Morgan fingerprint density at radius 1 is 0.913 bits per heavy atom. The van der Waals surface area contributed by atoms with Gasteiger partial charge >= 0.3 is 17.4 Å². The number of rotatable bonds is 2. The van der Waals surface area contributed by atoms with E-state index in [1.807, 2.05) is 0 Å². The van der Waals surface area contributed by atoms with Crippen molar-refractivity contribution < 1.29 is 17.4 Å². The maximum absolute atomic E-state index is 3.61. The molecule has 139 valence electrons. The first-order valence-corrected chi connectivity index (χ1v) is 11.7. The number of hydrogen-bond acceptors (Lipinski definition) is 0. The van der Waals surface area contributed by atoms with Gasteiger partial charge in [-0.15, -0.1) is 26.3 Å². The van der Waals surface area contributed by atoms with Gasteiger partial charge < -0.3 is 29.7 Å². The molecule has 0 N–H and O–H groups in total. The van der Waals surface area contributed by atoms with Crippen molar-refractivity contribution in [3.8, 4) is 0 Å². The summed E-state index contributed by atoms with van der Waals surface area (Å²) in [6.07, 6.45) is 9.25. The Labute approximate surface area is 169 Å². The van der Waals surface area contributed by atoms with Crippen LogP contribution in [0.2, 0.25) is 13.1 Å². The monoisotopic (exact) mass is 415 g/mol. The molecule has 23 heavy (non-hydrogen) atoms. The predicted octanol–water partition coefficient (Wildman–Crippen LogP) is 7.72. The normalized spacial score (nSPS) is 13.2. The molecule has 4 heteroatoms. The van der Waals surface area contributed by atoms with E-state index in [-0.39, 0.29) is 66.9 Å². The smallest absolute Gasteiger partial charge is 0.358 e. The average molecular weight is 416 g/mol. The van der Waals surface area contributed by atoms with Crippen LogP contribution in [-0.4, -0.2) is 18.1 Å².